The maximum Gasteiger partial charge on any atom is 0.213 e. The summed E-state index contributed by atoms with van der Waals surface area (Å²) < 4.78 is 5.86. The van der Waals surface area contributed by atoms with Crippen LogP contribution in [0, 0.1) is 6.92 Å². The van der Waals surface area contributed by atoms with Gasteiger partial charge in [0.15, 0.2) is 5.96 Å². The number of aryl methyl sites for hydroxylation is 1. The zero-order valence-corrected chi connectivity index (χ0v) is 19.9. The van der Waals surface area contributed by atoms with Gasteiger partial charge in [0.25, 0.3) is 0 Å². The number of aromatic nitrogens is 1. The van der Waals surface area contributed by atoms with Crippen molar-refractivity contribution in [1.82, 2.24) is 15.2 Å². The molecule has 1 fully saturated rings. The van der Waals surface area contributed by atoms with Crippen molar-refractivity contribution in [3.05, 3.63) is 47.7 Å². The van der Waals surface area contributed by atoms with Gasteiger partial charge in [0.05, 0.1) is 12.7 Å². The van der Waals surface area contributed by atoms with Crippen LogP contribution in [-0.2, 0) is 12.0 Å². The average molecular weight is 497 g/mol. The van der Waals surface area contributed by atoms with Gasteiger partial charge in [-0.1, -0.05) is 32.9 Å². The Balaban J connectivity index is 0.00000280. The van der Waals surface area contributed by atoms with Crippen molar-refractivity contribution in [2.45, 2.75) is 39.7 Å². The van der Waals surface area contributed by atoms with E-state index >= 15 is 0 Å². The van der Waals surface area contributed by atoms with Gasteiger partial charge in [-0.05, 0) is 24.6 Å². The summed E-state index contributed by atoms with van der Waals surface area (Å²) in [7, 11) is 1.82. The lowest BCUT2D eigenvalue weighted by atomic mass is 9.94. The van der Waals surface area contributed by atoms with Crippen LogP contribution in [0.1, 0.15) is 38.0 Å². The summed E-state index contributed by atoms with van der Waals surface area (Å²) in [5.74, 6) is 2.50. The van der Waals surface area contributed by atoms with Crippen molar-refractivity contribution in [2.75, 3.05) is 38.1 Å². The van der Waals surface area contributed by atoms with Crippen LogP contribution in [0.4, 0.5) is 5.69 Å². The summed E-state index contributed by atoms with van der Waals surface area (Å²) in [5, 5.41) is 3.39. The number of benzene rings is 1. The molecule has 0 saturated carbocycles. The molecule has 6 nitrogen and oxygen atoms in total. The van der Waals surface area contributed by atoms with Crippen LogP contribution in [0.15, 0.2) is 39.9 Å². The van der Waals surface area contributed by atoms with Crippen molar-refractivity contribution < 1.29 is 4.42 Å². The average Bonchev–Trinajstić information content (AvgIpc) is 3.12. The Morgan fingerprint density at radius 2 is 1.93 bits per heavy atom. The van der Waals surface area contributed by atoms with Crippen LogP contribution in [-0.4, -0.2) is 49.1 Å². The van der Waals surface area contributed by atoms with E-state index in [1.54, 1.807) is 0 Å². The third-order valence-corrected chi connectivity index (χ3v) is 4.85. The van der Waals surface area contributed by atoms with Crippen molar-refractivity contribution in [1.29, 1.82) is 0 Å². The van der Waals surface area contributed by atoms with Gasteiger partial charge in [-0.3, -0.25) is 4.99 Å². The number of aliphatic imine (C=N–C) groups is 1. The fourth-order valence-corrected chi connectivity index (χ4v) is 3.23. The number of rotatable bonds is 3. The number of nitrogens with one attached hydrogen (secondary N) is 1. The second-order valence-corrected chi connectivity index (χ2v) is 8.08. The monoisotopic (exact) mass is 497 g/mol. The molecular weight excluding hydrogens is 465 g/mol. The molecule has 3 rings (SSSR count). The predicted octanol–water partition coefficient (Wildman–Crippen LogP) is 3.80. The number of hydrogen-bond donors (Lipinski definition) is 1. The molecule has 0 radical (unpaired) electrons. The van der Waals surface area contributed by atoms with Crippen LogP contribution >= 0.6 is 24.0 Å². The second-order valence-electron chi connectivity index (χ2n) is 8.08. The summed E-state index contributed by atoms with van der Waals surface area (Å²) >= 11 is 0. The molecule has 7 heteroatoms. The molecule has 1 N–H and O–H groups in total. The topological polar surface area (TPSA) is 56.9 Å². The van der Waals surface area contributed by atoms with E-state index in [-0.39, 0.29) is 29.4 Å². The molecule has 0 bridgehead atoms. The Bertz CT molecular complexity index is 788. The fourth-order valence-electron chi connectivity index (χ4n) is 3.23. The number of piperazine rings is 1. The lowest BCUT2D eigenvalue weighted by molar-refractivity contribution is 0.359. The summed E-state index contributed by atoms with van der Waals surface area (Å²) in [6.07, 6.45) is 1.82. The fraction of sp³-hybridized carbons (Fsp3) is 0.524. The third kappa shape index (κ3) is 5.62. The first-order chi connectivity index (χ1) is 12.9. The van der Waals surface area contributed by atoms with Crippen molar-refractivity contribution >= 4 is 35.6 Å². The minimum atomic E-state index is -0.0287. The van der Waals surface area contributed by atoms with Crippen LogP contribution in [0.5, 0.6) is 0 Å². The standard InChI is InChI=1S/C21H31N5O.HI/c1-16-7-6-8-17(13-16)25-9-11-26(12-10-25)20(22-5)24-15-19-23-14-18(27-19)21(2,3)4;/h6-8,13-14H,9-12,15H2,1-5H3,(H,22,24);1H. The van der Waals surface area contributed by atoms with E-state index in [0.29, 0.717) is 12.4 Å². The second kappa shape index (κ2) is 9.62. The van der Waals surface area contributed by atoms with E-state index in [9.17, 15) is 0 Å². The number of halogens is 1. The van der Waals surface area contributed by atoms with Crippen molar-refractivity contribution in [3.63, 3.8) is 0 Å². The number of anilines is 1. The van der Waals surface area contributed by atoms with E-state index in [4.69, 9.17) is 4.42 Å². The number of hydrogen-bond acceptors (Lipinski definition) is 4. The lowest BCUT2D eigenvalue weighted by Gasteiger charge is -2.37. The minimum Gasteiger partial charge on any atom is -0.443 e. The SMILES string of the molecule is CN=C(NCc1ncc(C(C)(C)C)o1)N1CCN(c2cccc(C)c2)CC1.I. The maximum absolute atomic E-state index is 5.86. The minimum absolute atomic E-state index is 0. The molecule has 0 aliphatic carbocycles. The van der Waals surface area contributed by atoms with Gasteiger partial charge in [0, 0.05) is 44.3 Å². The van der Waals surface area contributed by atoms with Gasteiger partial charge in [0.1, 0.15) is 5.76 Å². The molecule has 0 spiro atoms. The Morgan fingerprint density at radius 1 is 1.21 bits per heavy atom. The van der Waals surface area contributed by atoms with Gasteiger partial charge in [-0.25, -0.2) is 4.98 Å². The Kier molecular flexibility index (Phi) is 7.74. The largest absolute Gasteiger partial charge is 0.443 e. The van der Waals surface area contributed by atoms with E-state index in [1.807, 2.05) is 13.2 Å². The molecule has 2 aromatic rings. The van der Waals surface area contributed by atoms with E-state index in [2.05, 4.69) is 77.1 Å². The maximum atomic E-state index is 5.86. The number of guanidine groups is 1. The highest BCUT2D eigenvalue weighted by Gasteiger charge is 2.21. The predicted molar refractivity (Wildman–Crippen MR) is 126 cm³/mol. The van der Waals surface area contributed by atoms with E-state index in [0.717, 1.165) is 37.9 Å². The van der Waals surface area contributed by atoms with Crippen LogP contribution < -0.4 is 10.2 Å². The highest BCUT2D eigenvalue weighted by molar-refractivity contribution is 14.0. The van der Waals surface area contributed by atoms with Gasteiger partial charge >= 0.3 is 0 Å². The van der Waals surface area contributed by atoms with Crippen molar-refractivity contribution in [3.8, 4) is 0 Å². The normalized spacial score (nSPS) is 15.4. The molecule has 2 heterocycles. The van der Waals surface area contributed by atoms with Crippen molar-refractivity contribution in [2.24, 2.45) is 4.99 Å². The summed E-state index contributed by atoms with van der Waals surface area (Å²) in [4.78, 5) is 13.5. The Morgan fingerprint density at radius 3 is 2.50 bits per heavy atom. The zero-order valence-electron chi connectivity index (χ0n) is 17.5. The molecule has 28 heavy (non-hydrogen) atoms. The molecule has 0 unspecified atom stereocenters. The molecule has 0 amide bonds. The Labute approximate surface area is 185 Å². The molecule has 1 aliphatic heterocycles. The highest BCUT2D eigenvalue weighted by atomic mass is 127. The number of oxazole rings is 1. The molecule has 154 valence electrons. The highest BCUT2D eigenvalue weighted by Crippen LogP contribution is 2.22. The number of nitrogens with zero attached hydrogens (tertiary/aromatic N) is 4. The molecule has 1 aromatic heterocycles. The lowest BCUT2D eigenvalue weighted by Crippen LogP contribution is -2.52. The molecule has 0 atom stereocenters. The first-order valence-electron chi connectivity index (χ1n) is 9.59. The molecule has 1 saturated heterocycles. The quantitative estimate of drug-likeness (QED) is 0.397. The first-order valence-corrected chi connectivity index (χ1v) is 9.59. The summed E-state index contributed by atoms with van der Waals surface area (Å²) in [6, 6.07) is 8.70. The van der Waals surface area contributed by atoms with E-state index < -0.39 is 0 Å². The van der Waals surface area contributed by atoms with Crippen LogP contribution in [0.2, 0.25) is 0 Å². The van der Waals surface area contributed by atoms with Crippen LogP contribution in [0.3, 0.4) is 0 Å². The molecule has 1 aliphatic rings. The van der Waals surface area contributed by atoms with E-state index in [1.165, 1.54) is 11.3 Å². The summed E-state index contributed by atoms with van der Waals surface area (Å²) in [6.45, 7) is 12.9. The zero-order chi connectivity index (χ0) is 19.4. The van der Waals surface area contributed by atoms with Gasteiger partial charge in [-0.15, -0.1) is 24.0 Å². The van der Waals surface area contributed by atoms with Gasteiger partial charge < -0.3 is 19.5 Å². The molecule has 1 aromatic carbocycles. The Hall–Kier alpha value is -1.77. The first kappa shape index (κ1) is 22.5. The van der Waals surface area contributed by atoms with Crippen LogP contribution in [0.25, 0.3) is 0 Å². The molecular formula is C21H32IN5O. The smallest absolute Gasteiger partial charge is 0.213 e. The summed E-state index contributed by atoms with van der Waals surface area (Å²) in [5.41, 5.74) is 2.57. The van der Waals surface area contributed by atoms with Gasteiger partial charge in [0.2, 0.25) is 5.89 Å². The third-order valence-electron chi connectivity index (χ3n) is 4.85. The van der Waals surface area contributed by atoms with Gasteiger partial charge in [-0.2, -0.15) is 0 Å².